The third-order valence-corrected chi connectivity index (χ3v) is 6.60. The fraction of sp³-hybridized carbons (Fsp3) is 0.333. The van der Waals surface area contributed by atoms with Gasteiger partial charge in [-0.2, -0.15) is 0 Å². The highest BCUT2D eigenvalue weighted by Gasteiger charge is 2.31. The molecule has 3 aromatic carbocycles. The normalized spacial score (nSPS) is 12.8. The van der Waals surface area contributed by atoms with Crippen LogP contribution in [0, 0.1) is 0 Å². The monoisotopic (exact) mass is 589 g/mol. The summed E-state index contributed by atoms with van der Waals surface area (Å²) in [5, 5.41) is 11.2. The molecule has 10 heteroatoms. The lowest BCUT2D eigenvalue weighted by atomic mass is 9.98. The maximum Gasteiger partial charge on any atom is 0.407 e. The van der Waals surface area contributed by atoms with E-state index in [0.29, 0.717) is 11.3 Å². The molecule has 3 aromatic rings. The number of carboxylic acid groups (broad SMARTS) is 1. The number of carbonyl (C=O) groups excluding carboxylic acids is 3. The number of esters is 2. The van der Waals surface area contributed by atoms with E-state index in [-0.39, 0.29) is 32.2 Å². The van der Waals surface area contributed by atoms with Crippen LogP contribution in [-0.2, 0) is 35.2 Å². The molecule has 4 rings (SSSR count). The van der Waals surface area contributed by atoms with Gasteiger partial charge in [-0.05, 0) is 60.7 Å². The van der Waals surface area contributed by atoms with E-state index in [9.17, 15) is 19.2 Å². The molecule has 1 atom stereocenters. The highest BCUT2D eigenvalue weighted by molar-refractivity contribution is 5.86. The Labute approximate surface area is 249 Å². The molecule has 0 bridgehead atoms. The minimum atomic E-state index is -1.34. The molecule has 1 aliphatic carbocycles. The minimum absolute atomic E-state index is 0.0253. The van der Waals surface area contributed by atoms with E-state index < -0.39 is 42.1 Å². The Morgan fingerprint density at radius 2 is 1.47 bits per heavy atom. The van der Waals surface area contributed by atoms with E-state index in [2.05, 4.69) is 5.32 Å². The number of fused-ring (bicyclic) bond motifs is 3. The number of alkyl carbamates (subject to hydrolysis) is 1. The van der Waals surface area contributed by atoms with Gasteiger partial charge in [0.05, 0.1) is 19.4 Å². The second-order valence-corrected chi connectivity index (χ2v) is 11.1. The molecule has 0 fully saturated rings. The van der Waals surface area contributed by atoms with Crippen LogP contribution in [0.2, 0.25) is 0 Å². The standard InChI is InChI=1S/C33H35NO9/c1-33(2,3)43-30(37)18-28(31(38)41-19-21-12-14-22(15-13-21)40-17-16-29(35)36)34-32(39)42-20-27-25-10-6-4-8-23(25)24-9-5-7-11-26(24)27/h4-15,27-28H,16-20H2,1-3H3,(H,34,39)(H,35,36). The maximum atomic E-state index is 13.0. The Kier molecular flexibility index (Phi) is 10.0. The van der Waals surface area contributed by atoms with Crippen molar-refractivity contribution in [3.05, 3.63) is 89.5 Å². The number of ether oxygens (including phenoxy) is 4. The average molecular weight is 590 g/mol. The summed E-state index contributed by atoms with van der Waals surface area (Å²) in [6, 6.07) is 21.1. The number of hydrogen-bond acceptors (Lipinski definition) is 8. The smallest absolute Gasteiger partial charge is 0.407 e. The predicted octanol–water partition coefficient (Wildman–Crippen LogP) is 5.22. The number of carboxylic acids is 1. The van der Waals surface area contributed by atoms with Crippen molar-refractivity contribution in [1.82, 2.24) is 5.32 Å². The molecule has 2 N–H and O–H groups in total. The first-order valence-electron chi connectivity index (χ1n) is 13.9. The van der Waals surface area contributed by atoms with Crippen LogP contribution in [0.4, 0.5) is 4.79 Å². The molecule has 1 aliphatic rings. The molecule has 43 heavy (non-hydrogen) atoms. The van der Waals surface area contributed by atoms with Gasteiger partial charge >= 0.3 is 24.0 Å². The predicted molar refractivity (Wildman–Crippen MR) is 156 cm³/mol. The summed E-state index contributed by atoms with van der Waals surface area (Å²) in [4.78, 5) is 49.1. The molecule has 1 amide bonds. The Bertz CT molecular complexity index is 1410. The molecule has 0 spiro atoms. The molecule has 0 saturated carbocycles. The summed E-state index contributed by atoms with van der Waals surface area (Å²) < 4.78 is 21.7. The zero-order chi connectivity index (χ0) is 31.0. The molecule has 10 nitrogen and oxygen atoms in total. The quantitative estimate of drug-likeness (QED) is 0.215. The van der Waals surface area contributed by atoms with Crippen molar-refractivity contribution in [2.45, 2.75) is 57.8 Å². The molecular formula is C33H35NO9. The summed E-state index contributed by atoms with van der Waals surface area (Å²) in [6.45, 7) is 5.03. The van der Waals surface area contributed by atoms with Gasteiger partial charge in [-0.3, -0.25) is 9.59 Å². The highest BCUT2D eigenvalue weighted by Crippen LogP contribution is 2.44. The number of benzene rings is 3. The van der Waals surface area contributed by atoms with Crippen molar-refractivity contribution in [3.63, 3.8) is 0 Å². The van der Waals surface area contributed by atoms with Crippen LogP contribution in [0.3, 0.4) is 0 Å². The zero-order valence-electron chi connectivity index (χ0n) is 24.3. The summed E-state index contributed by atoms with van der Waals surface area (Å²) in [7, 11) is 0. The van der Waals surface area contributed by atoms with Crippen molar-refractivity contribution in [3.8, 4) is 16.9 Å². The van der Waals surface area contributed by atoms with E-state index in [0.717, 1.165) is 22.3 Å². The van der Waals surface area contributed by atoms with Crippen LogP contribution in [-0.4, -0.2) is 54.0 Å². The van der Waals surface area contributed by atoms with Crippen molar-refractivity contribution in [2.75, 3.05) is 13.2 Å². The summed E-state index contributed by atoms with van der Waals surface area (Å²) in [5.74, 6) is -2.19. The van der Waals surface area contributed by atoms with Gasteiger partial charge in [0, 0.05) is 5.92 Å². The first-order chi connectivity index (χ1) is 20.5. The lowest BCUT2D eigenvalue weighted by molar-refractivity contribution is -0.160. The lowest BCUT2D eigenvalue weighted by Gasteiger charge is -2.22. The molecule has 0 aromatic heterocycles. The minimum Gasteiger partial charge on any atom is -0.493 e. The Hall–Kier alpha value is -4.86. The Balaban J connectivity index is 1.37. The number of carbonyl (C=O) groups is 4. The van der Waals surface area contributed by atoms with Gasteiger partial charge in [0.15, 0.2) is 0 Å². The third kappa shape index (κ3) is 8.81. The van der Waals surface area contributed by atoms with E-state index >= 15 is 0 Å². The van der Waals surface area contributed by atoms with Crippen molar-refractivity contribution in [1.29, 1.82) is 0 Å². The molecule has 0 aliphatic heterocycles. The van der Waals surface area contributed by atoms with E-state index in [1.54, 1.807) is 45.0 Å². The van der Waals surface area contributed by atoms with Crippen LogP contribution in [0.25, 0.3) is 11.1 Å². The van der Waals surface area contributed by atoms with Crippen LogP contribution >= 0.6 is 0 Å². The van der Waals surface area contributed by atoms with Crippen LogP contribution in [0.5, 0.6) is 5.75 Å². The van der Waals surface area contributed by atoms with Gasteiger partial charge in [0.1, 0.15) is 30.6 Å². The van der Waals surface area contributed by atoms with Crippen molar-refractivity contribution >= 4 is 24.0 Å². The second-order valence-electron chi connectivity index (χ2n) is 11.1. The molecular weight excluding hydrogens is 554 g/mol. The molecule has 226 valence electrons. The fourth-order valence-corrected chi connectivity index (χ4v) is 4.72. The molecule has 0 saturated heterocycles. The topological polar surface area (TPSA) is 137 Å². The van der Waals surface area contributed by atoms with Crippen molar-refractivity contribution < 1.29 is 43.2 Å². The Morgan fingerprint density at radius 1 is 0.860 bits per heavy atom. The first kappa shape index (κ1) is 31.1. The van der Waals surface area contributed by atoms with Gasteiger partial charge in [0.25, 0.3) is 0 Å². The fourth-order valence-electron chi connectivity index (χ4n) is 4.72. The van der Waals surface area contributed by atoms with Gasteiger partial charge in [-0.15, -0.1) is 0 Å². The lowest BCUT2D eigenvalue weighted by Crippen LogP contribution is -2.44. The number of amides is 1. The second kappa shape index (κ2) is 13.9. The van der Waals surface area contributed by atoms with Gasteiger partial charge in [0.2, 0.25) is 0 Å². The largest absolute Gasteiger partial charge is 0.493 e. The third-order valence-electron chi connectivity index (χ3n) is 6.60. The van der Waals surface area contributed by atoms with Crippen LogP contribution in [0.1, 0.15) is 56.2 Å². The SMILES string of the molecule is CC(C)(C)OC(=O)CC(NC(=O)OCC1c2ccccc2-c2ccccc21)C(=O)OCc1ccc(OCCC(=O)O)cc1. The maximum absolute atomic E-state index is 13.0. The number of hydrogen-bond donors (Lipinski definition) is 2. The van der Waals surface area contributed by atoms with Crippen LogP contribution in [0.15, 0.2) is 72.8 Å². The molecule has 0 radical (unpaired) electrons. The zero-order valence-corrected chi connectivity index (χ0v) is 24.3. The summed E-state index contributed by atoms with van der Waals surface area (Å²) in [6.07, 6.45) is -1.44. The van der Waals surface area contributed by atoms with Gasteiger partial charge < -0.3 is 29.4 Å². The van der Waals surface area contributed by atoms with Crippen LogP contribution < -0.4 is 10.1 Å². The number of nitrogens with one attached hydrogen (secondary N) is 1. The van der Waals surface area contributed by atoms with Crippen molar-refractivity contribution in [2.24, 2.45) is 0 Å². The first-order valence-corrected chi connectivity index (χ1v) is 13.9. The average Bonchev–Trinajstić information content (AvgIpc) is 3.27. The number of rotatable bonds is 12. The van der Waals surface area contributed by atoms with E-state index in [1.165, 1.54) is 0 Å². The van der Waals surface area contributed by atoms with Gasteiger partial charge in [-0.25, -0.2) is 9.59 Å². The Morgan fingerprint density at radius 3 is 2.05 bits per heavy atom. The highest BCUT2D eigenvalue weighted by atomic mass is 16.6. The van der Waals surface area contributed by atoms with E-state index in [4.69, 9.17) is 24.1 Å². The molecule has 0 heterocycles. The summed E-state index contributed by atoms with van der Waals surface area (Å²) in [5.41, 5.74) is 4.08. The van der Waals surface area contributed by atoms with Gasteiger partial charge in [-0.1, -0.05) is 60.7 Å². The molecule has 1 unspecified atom stereocenters. The van der Waals surface area contributed by atoms with E-state index in [1.807, 2.05) is 48.5 Å². The summed E-state index contributed by atoms with van der Waals surface area (Å²) >= 11 is 0. The number of aliphatic carboxylic acids is 1.